The van der Waals surface area contributed by atoms with Crippen LogP contribution in [-0.2, 0) is 11.3 Å². The average molecular weight is 281 g/mol. The summed E-state index contributed by atoms with van der Waals surface area (Å²) in [6.07, 6.45) is -1.30. The fraction of sp³-hybridized carbons (Fsp3) is 0.533. The van der Waals surface area contributed by atoms with Crippen molar-refractivity contribution >= 4 is 6.09 Å². The summed E-state index contributed by atoms with van der Waals surface area (Å²) >= 11 is 0. The Morgan fingerprint density at radius 3 is 2.80 bits per heavy atom. The van der Waals surface area contributed by atoms with Gasteiger partial charge in [-0.05, 0) is 12.0 Å². The maximum Gasteiger partial charge on any atom is 0.410 e. The molecule has 5 heteroatoms. The number of piperidine rings is 1. The van der Waals surface area contributed by atoms with Crippen LogP contribution in [0.3, 0.4) is 0 Å². The molecule has 1 saturated heterocycles. The highest BCUT2D eigenvalue weighted by atomic mass is 19.1. The monoisotopic (exact) mass is 281 g/mol. The van der Waals surface area contributed by atoms with Crippen LogP contribution < -0.4 is 0 Å². The Morgan fingerprint density at radius 1 is 1.50 bits per heavy atom. The van der Waals surface area contributed by atoms with Crippen LogP contribution in [0.4, 0.5) is 9.18 Å². The second-order valence-corrected chi connectivity index (χ2v) is 5.52. The van der Waals surface area contributed by atoms with Crippen LogP contribution in [0.15, 0.2) is 30.3 Å². The zero-order valence-electron chi connectivity index (χ0n) is 11.6. The van der Waals surface area contributed by atoms with Gasteiger partial charge in [0.05, 0.1) is 13.2 Å². The van der Waals surface area contributed by atoms with Crippen LogP contribution in [0, 0.1) is 5.41 Å². The van der Waals surface area contributed by atoms with Crippen molar-refractivity contribution in [3.8, 4) is 0 Å². The van der Waals surface area contributed by atoms with Gasteiger partial charge in [-0.3, -0.25) is 0 Å². The number of rotatable bonds is 3. The van der Waals surface area contributed by atoms with Crippen molar-refractivity contribution < 1.29 is 19.0 Å². The van der Waals surface area contributed by atoms with Crippen molar-refractivity contribution in [3.05, 3.63) is 35.9 Å². The largest absolute Gasteiger partial charge is 0.445 e. The van der Waals surface area contributed by atoms with Gasteiger partial charge in [0.25, 0.3) is 0 Å². The molecule has 0 saturated carbocycles. The number of hydrogen-bond donors (Lipinski definition) is 1. The van der Waals surface area contributed by atoms with Gasteiger partial charge in [0.1, 0.15) is 12.8 Å². The molecular weight excluding hydrogens is 261 g/mol. The minimum Gasteiger partial charge on any atom is -0.445 e. The number of aliphatic hydroxyl groups is 1. The maximum atomic E-state index is 14.0. The predicted molar refractivity (Wildman–Crippen MR) is 72.9 cm³/mol. The van der Waals surface area contributed by atoms with Crippen LogP contribution in [0.25, 0.3) is 0 Å². The van der Waals surface area contributed by atoms with Crippen LogP contribution in [0.2, 0.25) is 0 Å². The minimum absolute atomic E-state index is 0.0231. The van der Waals surface area contributed by atoms with Crippen molar-refractivity contribution in [1.82, 2.24) is 4.90 Å². The molecule has 1 heterocycles. The molecule has 1 aromatic carbocycles. The lowest BCUT2D eigenvalue weighted by atomic mass is 9.80. The zero-order valence-corrected chi connectivity index (χ0v) is 11.6. The van der Waals surface area contributed by atoms with Gasteiger partial charge >= 0.3 is 6.09 Å². The van der Waals surface area contributed by atoms with E-state index in [4.69, 9.17) is 4.74 Å². The Kier molecular flexibility index (Phi) is 4.60. The Labute approximate surface area is 118 Å². The van der Waals surface area contributed by atoms with Crippen LogP contribution in [0.1, 0.15) is 18.9 Å². The second kappa shape index (κ2) is 6.22. The molecule has 110 valence electrons. The number of halogens is 1. The number of aliphatic hydroxyl groups excluding tert-OH is 1. The van der Waals surface area contributed by atoms with Crippen molar-refractivity contribution in [2.45, 2.75) is 26.1 Å². The first kappa shape index (κ1) is 14.8. The predicted octanol–water partition coefficient (Wildman–Crippen LogP) is 2.37. The number of nitrogens with zero attached hydrogens (tertiary/aromatic N) is 1. The Morgan fingerprint density at radius 2 is 2.20 bits per heavy atom. The van der Waals surface area contributed by atoms with Crippen LogP contribution in [-0.4, -0.2) is 42.0 Å². The SMILES string of the molecule is CC1(CO)CCN(C(=O)OCc2ccccc2)CC1F. The van der Waals surface area contributed by atoms with Crippen molar-refractivity contribution in [1.29, 1.82) is 0 Å². The summed E-state index contributed by atoms with van der Waals surface area (Å²) in [4.78, 5) is 13.3. The zero-order chi connectivity index (χ0) is 14.6. The van der Waals surface area contributed by atoms with Gasteiger partial charge in [0.15, 0.2) is 0 Å². The summed E-state index contributed by atoms with van der Waals surface area (Å²) in [7, 11) is 0. The Hall–Kier alpha value is -1.62. The van der Waals surface area contributed by atoms with Crippen molar-refractivity contribution in [2.75, 3.05) is 19.7 Å². The molecule has 1 aromatic rings. The quantitative estimate of drug-likeness (QED) is 0.925. The van der Waals surface area contributed by atoms with Crippen molar-refractivity contribution in [3.63, 3.8) is 0 Å². The number of amides is 1. The summed E-state index contributed by atoms with van der Waals surface area (Å²) in [6, 6.07) is 9.36. The molecule has 1 fully saturated rings. The van der Waals surface area contributed by atoms with Gasteiger partial charge in [0.2, 0.25) is 0 Å². The molecule has 0 bridgehead atoms. The number of ether oxygens (including phenoxy) is 1. The number of likely N-dealkylation sites (tertiary alicyclic amines) is 1. The Balaban J connectivity index is 1.85. The summed E-state index contributed by atoms with van der Waals surface area (Å²) in [5.41, 5.74) is 0.144. The first-order valence-corrected chi connectivity index (χ1v) is 6.76. The molecule has 20 heavy (non-hydrogen) atoms. The van der Waals surface area contributed by atoms with Crippen LogP contribution in [0.5, 0.6) is 0 Å². The molecule has 0 spiro atoms. The van der Waals surface area contributed by atoms with Crippen molar-refractivity contribution in [2.24, 2.45) is 5.41 Å². The molecule has 2 unspecified atom stereocenters. The molecule has 2 rings (SSSR count). The molecule has 0 radical (unpaired) electrons. The highest BCUT2D eigenvalue weighted by Gasteiger charge is 2.41. The molecule has 1 amide bonds. The van der Waals surface area contributed by atoms with E-state index in [1.54, 1.807) is 6.92 Å². The molecule has 1 aliphatic rings. The third-order valence-electron chi connectivity index (χ3n) is 3.91. The molecule has 1 aliphatic heterocycles. The summed E-state index contributed by atoms with van der Waals surface area (Å²) in [5, 5.41) is 9.22. The van der Waals surface area contributed by atoms with Gasteiger partial charge in [-0.15, -0.1) is 0 Å². The fourth-order valence-corrected chi connectivity index (χ4v) is 2.21. The summed E-state index contributed by atoms with van der Waals surface area (Å²) in [6.45, 7) is 2.06. The number of hydrogen-bond acceptors (Lipinski definition) is 3. The van der Waals surface area contributed by atoms with Crippen LogP contribution >= 0.6 is 0 Å². The standard InChI is InChI=1S/C15H20FNO3/c1-15(11-18)7-8-17(9-13(15)16)14(19)20-10-12-5-3-2-4-6-12/h2-6,13,18H,7-11H2,1H3. The maximum absolute atomic E-state index is 14.0. The van der Waals surface area contributed by atoms with Gasteiger partial charge in [-0.1, -0.05) is 37.3 Å². The van der Waals surface area contributed by atoms with Gasteiger partial charge in [0, 0.05) is 12.0 Å². The molecule has 2 atom stereocenters. The normalized spacial score (nSPS) is 26.4. The first-order valence-electron chi connectivity index (χ1n) is 6.76. The highest BCUT2D eigenvalue weighted by Crippen LogP contribution is 2.33. The lowest BCUT2D eigenvalue weighted by Gasteiger charge is -2.40. The molecular formula is C15H20FNO3. The molecule has 4 nitrogen and oxygen atoms in total. The van der Waals surface area contributed by atoms with E-state index in [0.29, 0.717) is 13.0 Å². The number of carbonyl (C=O) groups excluding carboxylic acids is 1. The third-order valence-corrected chi connectivity index (χ3v) is 3.91. The minimum atomic E-state index is -1.23. The van der Waals surface area contributed by atoms with Gasteiger partial charge < -0.3 is 14.7 Å². The number of carbonyl (C=O) groups is 1. The van der Waals surface area contributed by atoms with E-state index < -0.39 is 17.7 Å². The molecule has 0 aromatic heterocycles. The summed E-state index contributed by atoms with van der Waals surface area (Å²) in [5.74, 6) is 0. The second-order valence-electron chi connectivity index (χ2n) is 5.52. The Bertz CT molecular complexity index is 454. The first-order chi connectivity index (χ1) is 9.55. The highest BCUT2D eigenvalue weighted by molar-refractivity contribution is 5.67. The fourth-order valence-electron chi connectivity index (χ4n) is 2.21. The van der Waals surface area contributed by atoms with E-state index >= 15 is 0 Å². The number of benzene rings is 1. The van der Waals surface area contributed by atoms with E-state index in [9.17, 15) is 14.3 Å². The van der Waals surface area contributed by atoms with E-state index in [0.717, 1.165) is 5.56 Å². The molecule has 1 N–H and O–H groups in total. The average Bonchev–Trinajstić information content (AvgIpc) is 2.48. The van der Waals surface area contributed by atoms with E-state index in [-0.39, 0.29) is 19.8 Å². The lowest BCUT2D eigenvalue weighted by Crippen LogP contribution is -2.51. The summed E-state index contributed by atoms with van der Waals surface area (Å²) < 4.78 is 19.2. The van der Waals surface area contributed by atoms with E-state index in [1.807, 2.05) is 30.3 Å². The smallest absolute Gasteiger partial charge is 0.410 e. The third kappa shape index (κ3) is 3.28. The van der Waals surface area contributed by atoms with E-state index in [2.05, 4.69) is 0 Å². The number of alkyl halides is 1. The molecule has 0 aliphatic carbocycles. The lowest BCUT2D eigenvalue weighted by molar-refractivity contribution is -0.0192. The van der Waals surface area contributed by atoms with Gasteiger partial charge in [-0.2, -0.15) is 0 Å². The van der Waals surface area contributed by atoms with E-state index in [1.165, 1.54) is 4.90 Å². The van der Waals surface area contributed by atoms with Gasteiger partial charge in [-0.25, -0.2) is 9.18 Å². The topological polar surface area (TPSA) is 49.8 Å².